The Balaban J connectivity index is 0.000000480. The van der Waals surface area contributed by atoms with Crippen LogP contribution in [0.5, 0.6) is 0 Å². The summed E-state index contributed by atoms with van der Waals surface area (Å²) in [6, 6.07) is 18.8. The van der Waals surface area contributed by atoms with Gasteiger partial charge in [0, 0.05) is 45.1 Å². The predicted molar refractivity (Wildman–Crippen MR) is 134 cm³/mol. The first kappa shape index (κ1) is 25.5. The van der Waals surface area contributed by atoms with Gasteiger partial charge in [-0.1, -0.05) is 42.5 Å². The summed E-state index contributed by atoms with van der Waals surface area (Å²) in [5, 5.41) is 14.8. The molecule has 11 heteroatoms. The molecule has 190 valence electrons. The maximum atomic E-state index is 12.6. The molecule has 1 aliphatic rings. The molecule has 0 unspecified atom stereocenters. The van der Waals surface area contributed by atoms with Gasteiger partial charge in [0.05, 0.1) is 23.8 Å². The summed E-state index contributed by atoms with van der Waals surface area (Å²) in [6.45, 7) is 4.51. The summed E-state index contributed by atoms with van der Waals surface area (Å²) >= 11 is 0. The van der Waals surface area contributed by atoms with Crippen molar-refractivity contribution in [2.24, 2.45) is 0 Å². The monoisotopic (exact) mass is 502 g/mol. The molecule has 37 heavy (non-hydrogen) atoms. The fourth-order valence-corrected chi connectivity index (χ4v) is 4.07. The van der Waals surface area contributed by atoms with Crippen LogP contribution in [0.1, 0.15) is 21.9 Å². The van der Waals surface area contributed by atoms with Gasteiger partial charge in [-0.3, -0.25) is 14.7 Å². The minimum Gasteiger partial charge on any atom is -0.473 e. The number of amides is 1. The smallest absolute Gasteiger partial charge is 0.414 e. The third kappa shape index (κ3) is 6.53. The predicted octanol–water partition coefficient (Wildman–Crippen LogP) is 1.99. The number of aliphatic carboxylic acids is 2. The Hall–Kier alpha value is -4.64. The Kier molecular flexibility index (Phi) is 8.16. The van der Waals surface area contributed by atoms with Crippen molar-refractivity contribution in [2.45, 2.75) is 13.1 Å². The average Bonchev–Trinajstić information content (AvgIpc) is 3.26. The SMILES string of the molecule is O=C(O)C(=O)O.O=C(c1cnccn1)N1CCN(Cc2nc3ccccc3n2Cc2ccccc2)CC1. The molecule has 2 aromatic carbocycles. The van der Waals surface area contributed by atoms with Crippen molar-refractivity contribution in [1.82, 2.24) is 29.3 Å². The van der Waals surface area contributed by atoms with Crippen LogP contribution in [0.25, 0.3) is 11.0 Å². The number of piperazine rings is 1. The van der Waals surface area contributed by atoms with Gasteiger partial charge in [-0.05, 0) is 17.7 Å². The number of hydrogen-bond acceptors (Lipinski definition) is 7. The van der Waals surface area contributed by atoms with E-state index in [2.05, 4.69) is 61.9 Å². The van der Waals surface area contributed by atoms with E-state index in [0.29, 0.717) is 18.8 Å². The quantitative estimate of drug-likeness (QED) is 0.392. The molecule has 2 N–H and O–H groups in total. The Morgan fingerprint density at radius 1 is 0.811 bits per heavy atom. The third-order valence-corrected chi connectivity index (χ3v) is 5.91. The van der Waals surface area contributed by atoms with Crippen LogP contribution in [-0.2, 0) is 22.7 Å². The topological polar surface area (TPSA) is 142 Å². The van der Waals surface area contributed by atoms with Crippen molar-refractivity contribution >= 4 is 28.9 Å². The van der Waals surface area contributed by atoms with E-state index in [-0.39, 0.29) is 5.91 Å². The average molecular weight is 503 g/mol. The van der Waals surface area contributed by atoms with Gasteiger partial charge in [-0.15, -0.1) is 0 Å². The van der Waals surface area contributed by atoms with E-state index in [1.54, 1.807) is 12.4 Å². The lowest BCUT2D eigenvalue weighted by Crippen LogP contribution is -2.48. The zero-order valence-corrected chi connectivity index (χ0v) is 20.0. The first-order valence-corrected chi connectivity index (χ1v) is 11.6. The number of para-hydroxylation sites is 2. The second-order valence-corrected chi connectivity index (χ2v) is 8.36. The maximum Gasteiger partial charge on any atom is 0.414 e. The van der Waals surface area contributed by atoms with E-state index in [1.807, 2.05) is 17.0 Å². The number of benzene rings is 2. The van der Waals surface area contributed by atoms with Crippen LogP contribution in [-0.4, -0.2) is 83.6 Å². The van der Waals surface area contributed by atoms with E-state index < -0.39 is 11.9 Å². The van der Waals surface area contributed by atoms with E-state index in [4.69, 9.17) is 24.8 Å². The number of carbonyl (C=O) groups excluding carboxylic acids is 1. The number of nitrogens with zero attached hydrogens (tertiary/aromatic N) is 6. The minimum absolute atomic E-state index is 0.0518. The molecule has 4 aromatic rings. The van der Waals surface area contributed by atoms with E-state index in [9.17, 15) is 4.79 Å². The van der Waals surface area contributed by atoms with Crippen LogP contribution in [0.4, 0.5) is 0 Å². The van der Waals surface area contributed by atoms with Crippen LogP contribution in [0.3, 0.4) is 0 Å². The maximum absolute atomic E-state index is 12.6. The molecule has 1 fully saturated rings. The second-order valence-electron chi connectivity index (χ2n) is 8.36. The second kappa shape index (κ2) is 11.9. The number of rotatable bonds is 5. The van der Waals surface area contributed by atoms with Crippen LogP contribution in [0.15, 0.2) is 73.2 Å². The van der Waals surface area contributed by atoms with Crippen molar-refractivity contribution in [3.05, 3.63) is 90.3 Å². The van der Waals surface area contributed by atoms with Crippen molar-refractivity contribution < 1.29 is 24.6 Å². The number of carbonyl (C=O) groups is 3. The summed E-state index contributed by atoms with van der Waals surface area (Å²) in [5.74, 6) is -2.65. The van der Waals surface area contributed by atoms with E-state index in [0.717, 1.165) is 43.0 Å². The van der Waals surface area contributed by atoms with Gasteiger partial charge in [-0.25, -0.2) is 19.6 Å². The molecule has 2 aromatic heterocycles. The van der Waals surface area contributed by atoms with Gasteiger partial charge in [0.2, 0.25) is 0 Å². The Morgan fingerprint density at radius 3 is 2.14 bits per heavy atom. The molecule has 1 aliphatic heterocycles. The van der Waals surface area contributed by atoms with E-state index >= 15 is 0 Å². The molecule has 3 heterocycles. The lowest BCUT2D eigenvalue weighted by molar-refractivity contribution is -0.159. The number of aromatic nitrogens is 4. The summed E-state index contributed by atoms with van der Waals surface area (Å²) < 4.78 is 2.31. The lowest BCUT2D eigenvalue weighted by atomic mass is 10.2. The van der Waals surface area contributed by atoms with Gasteiger partial charge < -0.3 is 19.7 Å². The molecule has 0 spiro atoms. The van der Waals surface area contributed by atoms with Gasteiger partial charge in [0.15, 0.2) is 0 Å². The summed E-state index contributed by atoms with van der Waals surface area (Å²) in [5.41, 5.74) is 3.83. The lowest BCUT2D eigenvalue weighted by Gasteiger charge is -2.34. The first-order valence-electron chi connectivity index (χ1n) is 11.6. The van der Waals surface area contributed by atoms with Crippen LogP contribution in [0.2, 0.25) is 0 Å². The molecular formula is C26H26N6O5. The molecule has 0 saturated carbocycles. The van der Waals surface area contributed by atoms with Crippen molar-refractivity contribution in [3.63, 3.8) is 0 Å². The van der Waals surface area contributed by atoms with Crippen LogP contribution in [0, 0.1) is 0 Å². The normalized spacial score (nSPS) is 13.6. The Bertz CT molecular complexity index is 1360. The summed E-state index contributed by atoms with van der Waals surface area (Å²) in [6.07, 6.45) is 4.66. The highest BCUT2D eigenvalue weighted by Crippen LogP contribution is 2.20. The van der Waals surface area contributed by atoms with Crippen molar-refractivity contribution in [2.75, 3.05) is 26.2 Å². The van der Waals surface area contributed by atoms with E-state index in [1.165, 1.54) is 11.8 Å². The van der Waals surface area contributed by atoms with Crippen molar-refractivity contribution in [1.29, 1.82) is 0 Å². The minimum atomic E-state index is -1.82. The molecule has 0 aliphatic carbocycles. The van der Waals surface area contributed by atoms with Crippen LogP contribution >= 0.6 is 0 Å². The highest BCUT2D eigenvalue weighted by molar-refractivity contribution is 6.27. The first-order chi connectivity index (χ1) is 17.9. The number of carboxylic acid groups (broad SMARTS) is 2. The number of fused-ring (bicyclic) bond motifs is 1. The molecular weight excluding hydrogens is 476 g/mol. The number of imidazole rings is 1. The molecule has 0 atom stereocenters. The fraction of sp³-hybridized carbons (Fsp3) is 0.231. The number of carboxylic acids is 2. The zero-order chi connectivity index (χ0) is 26.2. The van der Waals surface area contributed by atoms with Gasteiger partial charge in [-0.2, -0.15) is 0 Å². The summed E-state index contributed by atoms with van der Waals surface area (Å²) in [7, 11) is 0. The Labute approximate surface area is 212 Å². The molecule has 1 saturated heterocycles. The molecule has 0 bridgehead atoms. The third-order valence-electron chi connectivity index (χ3n) is 5.91. The molecule has 11 nitrogen and oxygen atoms in total. The highest BCUT2D eigenvalue weighted by atomic mass is 16.4. The van der Waals surface area contributed by atoms with Gasteiger partial charge in [0.25, 0.3) is 5.91 Å². The molecule has 1 amide bonds. The fourth-order valence-electron chi connectivity index (χ4n) is 4.07. The molecule has 0 radical (unpaired) electrons. The zero-order valence-electron chi connectivity index (χ0n) is 20.0. The van der Waals surface area contributed by atoms with Gasteiger partial charge in [0.1, 0.15) is 11.5 Å². The van der Waals surface area contributed by atoms with Crippen molar-refractivity contribution in [3.8, 4) is 0 Å². The van der Waals surface area contributed by atoms with Crippen LogP contribution < -0.4 is 0 Å². The van der Waals surface area contributed by atoms with Gasteiger partial charge >= 0.3 is 11.9 Å². The largest absolute Gasteiger partial charge is 0.473 e. The highest BCUT2D eigenvalue weighted by Gasteiger charge is 2.24. The summed E-state index contributed by atoms with van der Waals surface area (Å²) in [4.78, 5) is 48.1. The molecule has 5 rings (SSSR count). The number of hydrogen-bond donors (Lipinski definition) is 2. The standard InChI is InChI=1S/C24H24N6O.C2H2O4/c31-24(21-16-25-10-11-26-21)29-14-12-28(13-15-29)18-23-27-20-8-4-5-9-22(20)30(23)17-19-6-2-1-3-7-19;3-1(4)2(5)6/h1-11,16H,12-15,17-18H2;(H,3,4)(H,5,6). The Morgan fingerprint density at radius 2 is 1.49 bits per heavy atom.